The van der Waals surface area contributed by atoms with Crippen LogP contribution < -0.4 is 5.32 Å². The van der Waals surface area contributed by atoms with Crippen molar-refractivity contribution in [1.82, 2.24) is 5.32 Å². The van der Waals surface area contributed by atoms with Gasteiger partial charge in [0.25, 0.3) is 0 Å². The molecule has 1 unspecified atom stereocenters. The fraction of sp³-hybridized carbons (Fsp3) is 1.00. The maximum Gasteiger partial charge on any atom is 0.0897 e. The van der Waals surface area contributed by atoms with Gasteiger partial charge in [0.05, 0.1) is 12.7 Å². The summed E-state index contributed by atoms with van der Waals surface area (Å²) in [5.74, 6) is 0. The van der Waals surface area contributed by atoms with Gasteiger partial charge in [0, 0.05) is 13.2 Å². The Balaban J connectivity index is 0. The topological polar surface area (TPSA) is 41.5 Å². The summed E-state index contributed by atoms with van der Waals surface area (Å²) in [5.41, 5.74) is 0. The van der Waals surface area contributed by atoms with Gasteiger partial charge in [-0.1, -0.05) is 27.7 Å². The fourth-order valence-corrected chi connectivity index (χ4v) is 0.868. The second-order valence-corrected chi connectivity index (χ2v) is 2.93. The van der Waals surface area contributed by atoms with Crippen LogP contribution >= 0.6 is 0 Å². The van der Waals surface area contributed by atoms with Gasteiger partial charge in [-0.15, -0.1) is 0 Å². The number of aliphatic hydroxyl groups excluding tert-OH is 1. The predicted molar refractivity (Wildman–Crippen MR) is 61.6 cm³/mol. The molecule has 0 aromatic heterocycles. The van der Waals surface area contributed by atoms with Crippen molar-refractivity contribution in [2.75, 3.05) is 26.3 Å². The SMILES string of the molecule is CC.CCCNCC(O)COCCC. The number of ether oxygens (including phenoxy) is 1. The summed E-state index contributed by atoms with van der Waals surface area (Å²) < 4.78 is 5.19. The Labute approximate surface area is 88.9 Å². The molecule has 0 heterocycles. The van der Waals surface area contributed by atoms with Crippen molar-refractivity contribution < 1.29 is 9.84 Å². The first-order valence-electron chi connectivity index (χ1n) is 5.77. The molecule has 0 aliphatic heterocycles. The molecule has 0 spiro atoms. The van der Waals surface area contributed by atoms with Crippen molar-refractivity contribution in [2.24, 2.45) is 0 Å². The van der Waals surface area contributed by atoms with Gasteiger partial charge in [0.2, 0.25) is 0 Å². The molecule has 1 atom stereocenters. The molecule has 2 N–H and O–H groups in total. The Kier molecular flexibility index (Phi) is 17.9. The smallest absolute Gasteiger partial charge is 0.0897 e. The number of hydrogen-bond acceptors (Lipinski definition) is 3. The van der Waals surface area contributed by atoms with Gasteiger partial charge in [-0.25, -0.2) is 0 Å². The number of rotatable bonds is 8. The zero-order chi connectivity index (χ0) is 11.2. The van der Waals surface area contributed by atoms with E-state index in [4.69, 9.17) is 4.74 Å². The van der Waals surface area contributed by atoms with Crippen LogP contribution in [0.15, 0.2) is 0 Å². The van der Waals surface area contributed by atoms with Crippen LogP contribution in [0.5, 0.6) is 0 Å². The predicted octanol–water partition coefficient (Wildman–Crippen LogP) is 1.80. The van der Waals surface area contributed by atoms with Crippen molar-refractivity contribution in [3.8, 4) is 0 Å². The quantitative estimate of drug-likeness (QED) is 0.594. The van der Waals surface area contributed by atoms with E-state index in [0.717, 1.165) is 26.0 Å². The summed E-state index contributed by atoms with van der Waals surface area (Å²) >= 11 is 0. The monoisotopic (exact) mass is 205 g/mol. The maximum absolute atomic E-state index is 9.31. The molecular weight excluding hydrogens is 178 g/mol. The van der Waals surface area contributed by atoms with Gasteiger partial charge in [-0.05, 0) is 19.4 Å². The molecule has 0 aliphatic carbocycles. The molecule has 3 nitrogen and oxygen atoms in total. The van der Waals surface area contributed by atoms with Gasteiger partial charge < -0.3 is 15.2 Å². The minimum atomic E-state index is -0.358. The van der Waals surface area contributed by atoms with Crippen LogP contribution in [0, 0.1) is 0 Å². The molecule has 0 aromatic rings. The van der Waals surface area contributed by atoms with Gasteiger partial charge in [0.15, 0.2) is 0 Å². The highest BCUT2D eigenvalue weighted by Gasteiger charge is 2.01. The molecule has 0 saturated heterocycles. The van der Waals surface area contributed by atoms with E-state index in [-0.39, 0.29) is 6.10 Å². The van der Waals surface area contributed by atoms with Crippen LogP contribution in [0.25, 0.3) is 0 Å². The van der Waals surface area contributed by atoms with E-state index in [2.05, 4.69) is 19.2 Å². The van der Waals surface area contributed by atoms with Crippen LogP contribution in [-0.4, -0.2) is 37.5 Å². The lowest BCUT2D eigenvalue weighted by atomic mass is 10.3. The normalized spacial score (nSPS) is 11.8. The van der Waals surface area contributed by atoms with Crippen molar-refractivity contribution in [2.45, 2.75) is 46.6 Å². The Bertz CT molecular complexity index is 79.4. The lowest BCUT2D eigenvalue weighted by molar-refractivity contribution is 0.0375. The minimum Gasteiger partial charge on any atom is -0.389 e. The Hall–Kier alpha value is -0.120. The Morgan fingerprint density at radius 2 is 1.86 bits per heavy atom. The molecule has 0 aliphatic rings. The molecule has 14 heavy (non-hydrogen) atoms. The van der Waals surface area contributed by atoms with E-state index < -0.39 is 0 Å². The largest absolute Gasteiger partial charge is 0.389 e. The van der Waals surface area contributed by atoms with Crippen LogP contribution in [0.4, 0.5) is 0 Å². The number of hydrogen-bond donors (Lipinski definition) is 2. The molecule has 88 valence electrons. The highest BCUT2D eigenvalue weighted by molar-refractivity contribution is 4.57. The Morgan fingerprint density at radius 3 is 2.36 bits per heavy atom. The lowest BCUT2D eigenvalue weighted by Crippen LogP contribution is -2.30. The summed E-state index contributed by atoms with van der Waals surface area (Å²) in [6, 6.07) is 0. The molecule has 3 heteroatoms. The molecular formula is C11H27NO2. The van der Waals surface area contributed by atoms with Crippen molar-refractivity contribution >= 4 is 0 Å². The third kappa shape index (κ3) is 14.4. The number of nitrogens with one attached hydrogen (secondary N) is 1. The first-order chi connectivity index (χ1) is 6.81. The minimum absolute atomic E-state index is 0.358. The van der Waals surface area contributed by atoms with E-state index in [1.54, 1.807) is 0 Å². The summed E-state index contributed by atoms with van der Waals surface area (Å²) in [6.45, 7) is 11.0. The molecule has 0 radical (unpaired) electrons. The third-order valence-electron chi connectivity index (χ3n) is 1.47. The van der Waals surface area contributed by atoms with E-state index >= 15 is 0 Å². The zero-order valence-corrected chi connectivity index (χ0v) is 10.2. The van der Waals surface area contributed by atoms with Crippen molar-refractivity contribution in [3.05, 3.63) is 0 Å². The second kappa shape index (κ2) is 15.4. The highest BCUT2D eigenvalue weighted by Crippen LogP contribution is 1.86. The zero-order valence-electron chi connectivity index (χ0n) is 10.2. The van der Waals surface area contributed by atoms with Crippen molar-refractivity contribution in [3.63, 3.8) is 0 Å². The van der Waals surface area contributed by atoms with E-state index in [9.17, 15) is 5.11 Å². The maximum atomic E-state index is 9.31. The third-order valence-corrected chi connectivity index (χ3v) is 1.47. The molecule has 0 bridgehead atoms. The first-order valence-corrected chi connectivity index (χ1v) is 5.77. The molecule has 0 fully saturated rings. The lowest BCUT2D eigenvalue weighted by Gasteiger charge is -2.11. The van der Waals surface area contributed by atoms with E-state index in [1.165, 1.54) is 0 Å². The van der Waals surface area contributed by atoms with Crippen LogP contribution in [-0.2, 0) is 4.74 Å². The average molecular weight is 205 g/mol. The summed E-state index contributed by atoms with van der Waals surface area (Å²) in [5, 5.41) is 12.4. The highest BCUT2D eigenvalue weighted by atomic mass is 16.5. The van der Waals surface area contributed by atoms with Gasteiger partial charge >= 0.3 is 0 Å². The summed E-state index contributed by atoms with van der Waals surface area (Å²) in [7, 11) is 0. The van der Waals surface area contributed by atoms with Gasteiger partial charge in [0.1, 0.15) is 0 Å². The molecule has 0 amide bonds. The number of aliphatic hydroxyl groups is 1. The van der Waals surface area contributed by atoms with Gasteiger partial charge in [-0.2, -0.15) is 0 Å². The van der Waals surface area contributed by atoms with Crippen molar-refractivity contribution in [1.29, 1.82) is 0 Å². The molecule has 0 saturated carbocycles. The molecule has 0 rings (SSSR count). The average Bonchev–Trinajstić information content (AvgIpc) is 2.22. The van der Waals surface area contributed by atoms with E-state index in [1.807, 2.05) is 13.8 Å². The molecule has 0 aromatic carbocycles. The van der Waals surface area contributed by atoms with Crippen LogP contribution in [0.2, 0.25) is 0 Å². The Morgan fingerprint density at radius 1 is 1.21 bits per heavy atom. The second-order valence-electron chi connectivity index (χ2n) is 2.93. The standard InChI is InChI=1S/C9H21NO2.C2H6/c1-3-5-10-7-9(11)8-12-6-4-2;1-2/h9-11H,3-8H2,1-2H3;1-2H3. The van der Waals surface area contributed by atoms with Crippen LogP contribution in [0.1, 0.15) is 40.5 Å². The first kappa shape index (κ1) is 16.3. The van der Waals surface area contributed by atoms with E-state index in [0.29, 0.717) is 13.2 Å². The summed E-state index contributed by atoms with van der Waals surface area (Å²) in [6.07, 6.45) is 1.75. The summed E-state index contributed by atoms with van der Waals surface area (Å²) in [4.78, 5) is 0. The van der Waals surface area contributed by atoms with Crippen LogP contribution in [0.3, 0.4) is 0 Å². The fourth-order valence-electron chi connectivity index (χ4n) is 0.868. The van der Waals surface area contributed by atoms with Gasteiger partial charge in [-0.3, -0.25) is 0 Å².